The van der Waals surface area contributed by atoms with Gasteiger partial charge in [-0.15, -0.1) is 0 Å². The summed E-state index contributed by atoms with van der Waals surface area (Å²) in [7, 11) is 0. The van der Waals surface area contributed by atoms with Gasteiger partial charge in [0.05, 0.1) is 12.1 Å². The number of hydrogen-bond donors (Lipinski definition) is 2. The molecule has 0 aromatic heterocycles. The average molecular weight is 225 g/mol. The third kappa shape index (κ3) is 1.85. The summed E-state index contributed by atoms with van der Waals surface area (Å²) in [5.41, 5.74) is 5.27. The Hall–Kier alpha value is -0.940. The van der Waals surface area contributed by atoms with Crippen LogP contribution >= 0.6 is 0 Å². The third-order valence-corrected chi connectivity index (χ3v) is 3.73. The molecule has 1 aliphatic carbocycles. The van der Waals surface area contributed by atoms with Crippen molar-refractivity contribution in [2.75, 3.05) is 6.54 Å². The Labute approximate surface area is 95.3 Å². The van der Waals surface area contributed by atoms with Gasteiger partial charge in [0.15, 0.2) is 0 Å². The fraction of sp³-hybridized carbons (Fsp3) is 0.818. The monoisotopic (exact) mass is 225 g/mol. The van der Waals surface area contributed by atoms with Crippen LogP contribution in [-0.2, 0) is 9.59 Å². The fourth-order valence-corrected chi connectivity index (χ4v) is 2.66. The molecule has 1 saturated carbocycles. The van der Waals surface area contributed by atoms with Crippen molar-refractivity contribution < 1.29 is 9.59 Å². The molecule has 5 heteroatoms. The highest BCUT2D eigenvalue weighted by Gasteiger charge is 2.45. The molecule has 2 atom stereocenters. The van der Waals surface area contributed by atoms with Gasteiger partial charge in [-0.1, -0.05) is 0 Å². The highest BCUT2D eigenvalue weighted by Crippen LogP contribution is 2.30. The maximum atomic E-state index is 11.8. The van der Waals surface area contributed by atoms with Gasteiger partial charge in [-0.25, -0.2) is 0 Å². The van der Waals surface area contributed by atoms with E-state index < -0.39 is 5.54 Å². The van der Waals surface area contributed by atoms with E-state index in [1.165, 1.54) is 0 Å². The zero-order valence-corrected chi connectivity index (χ0v) is 9.82. The number of hydrogen-bond acceptors (Lipinski definition) is 4. The highest BCUT2D eigenvalue weighted by molar-refractivity contribution is 6.02. The molecular formula is C11H19N3O2. The van der Waals surface area contributed by atoms with Gasteiger partial charge in [-0.05, 0) is 33.1 Å². The molecule has 5 nitrogen and oxygen atoms in total. The Morgan fingerprint density at radius 2 is 2.06 bits per heavy atom. The van der Waals surface area contributed by atoms with Crippen molar-refractivity contribution in [3.05, 3.63) is 0 Å². The van der Waals surface area contributed by atoms with Crippen molar-refractivity contribution in [1.29, 1.82) is 0 Å². The molecule has 0 bridgehead atoms. The van der Waals surface area contributed by atoms with Gasteiger partial charge in [0, 0.05) is 12.1 Å². The first-order valence-corrected chi connectivity index (χ1v) is 5.78. The van der Waals surface area contributed by atoms with Crippen LogP contribution in [0.25, 0.3) is 0 Å². The van der Waals surface area contributed by atoms with Crippen LogP contribution in [0.1, 0.15) is 33.1 Å². The second-order valence-corrected chi connectivity index (χ2v) is 5.29. The van der Waals surface area contributed by atoms with Crippen LogP contribution in [0.4, 0.5) is 0 Å². The van der Waals surface area contributed by atoms with Gasteiger partial charge in [0.25, 0.3) is 0 Å². The van der Waals surface area contributed by atoms with Crippen molar-refractivity contribution in [1.82, 2.24) is 10.2 Å². The van der Waals surface area contributed by atoms with E-state index in [2.05, 4.69) is 5.32 Å². The zero-order valence-electron chi connectivity index (χ0n) is 9.82. The number of carbonyl (C=O) groups excluding carboxylic acids is 2. The van der Waals surface area contributed by atoms with Gasteiger partial charge < -0.3 is 5.73 Å². The molecule has 0 aromatic rings. The summed E-state index contributed by atoms with van der Waals surface area (Å²) in [6, 6.07) is 0.473. The van der Waals surface area contributed by atoms with E-state index in [4.69, 9.17) is 5.73 Å². The second-order valence-electron chi connectivity index (χ2n) is 5.29. The number of rotatable bonds is 1. The molecule has 90 valence electrons. The molecule has 2 rings (SSSR count). The molecule has 16 heavy (non-hydrogen) atoms. The number of nitrogens with two attached hydrogens (primary N) is 1. The van der Waals surface area contributed by atoms with Crippen LogP contribution in [-0.4, -0.2) is 40.9 Å². The van der Waals surface area contributed by atoms with Gasteiger partial charge >= 0.3 is 0 Å². The van der Waals surface area contributed by atoms with Crippen LogP contribution in [0.15, 0.2) is 0 Å². The summed E-state index contributed by atoms with van der Waals surface area (Å²) in [6.45, 7) is 4.02. The molecule has 2 unspecified atom stereocenters. The Bertz CT molecular complexity index is 327. The molecule has 0 aromatic carbocycles. The average Bonchev–Trinajstić information content (AvgIpc) is 2.58. The first-order valence-electron chi connectivity index (χ1n) is 5.78. The van der Waals surface area contributed by atoms with E-state index in [1.807, 2.05) is 18.7 Å². The minimum absolute atomic E-state index is 0.204. The van der Waals surface area contributed by atoms with Crippen LogP contribution in [0.5, 0.6) is 0 Å². The molecule has 2 aliphatic rings. The number of imide groups is 1. The van der Waals surface area contributed by atoms with Gasteiger partial charge in [-0.2, -0.15) is 0 Å². The van der Waals surface area contributed by atoms with Crippen LogP contribution in [0.3, 0.4) is 0 Å². The Morgan fingerprint density at radius 3 is 2.62 bits per heavy atom. The van der Waals surface area contributed by atoms with E-state index in [0.29, 0.717) is 6.54 Å². The molecule has 2 fully saturated rings. The first kappa shape index (κ1) is 11.5. The largest absolute Gasteiger partial charge is 0.328 e. The van der Waals surface area contributed by atoms with Crippen molar-refractivity contribution in [3.8, 4) is 0 Å². The number of nitrogens with zero attached hydrogens (tertiary/aromatic N) is 1. The minimum atomic E-state index is -0.608. The number of nitrogens with one attached hydrogen (secondary N) is 1. The summed E-state index contributed by atoms with van der Waals surface area (Å²) < 4.78 is 0. The quantitative estimate of drug-likeness (QED) is 0.596. The van der Waals surface area contributed by atoms with Crippen LogP contribution in [0.2, 0.25) is 0 Å². The minimum Gasteiger partial charge on any atom is -0.328 e. The summed E-state index contributed by atoms with van der Waals surface area (Å²) >= 11 is 0. The van der Waals surface area contributed by atoms with Crippen LogP contribution < -0.4 is 11.1 Å². The van der Waals surface area contributed by atoms with Gasteiger partial charge in [0.2, 0.25) is 11.8 Å². The number of piperazine rings is 1. The van der Waals surface area contributed by atoms with Crippen molar-refractivity contribution in [2.24, 2.45) is 5.73 Å². The van der Waals surface area contributed by atoms with E-state index >= 15 is 0 Å². The van der Waals surface area contributed by atoms with Gasteiger partial charge in [0.1, 0.15) is 0 Å². The lowest BCUT2D eigenvalue weighted by Gasteiger charge is -2.43. The normalized spacial score (nSPS) is 35.2. The predicted octanol–water partition coefficient (Wildman–Crippen LogP) is -0.397. The van der Waals surface area contributed by atoms with E-state index in [-0.39, 0.29) is 23.9 Å². The lowest BCUT2D eigenvalue weighted by atomic mass is 9.95. The maximum Gasteiger partial charge on any atom is 0.246 e. The Balaban J connectivity index is 2.17. The van der Waals surface area contributed by atoms with Crippen molar-refractivity contribution >= 4 is 11.8 Å². The Morgan fingerprint density at radius 1 is 1.38 bits per heavy atom. The second kappa shape index (κ2) is 3.82. The van der Waals surface area contributed by atoms with Gasteiger partial charge in [-0.3, -0.25) is 19.8 Å². The lowest BCUT2D eigenvalue weighted by molar-refractivity contribution is -0.147. The maximum absolute atomic E-state index is 11.8. The van der Waals surface area contributed by atoms with E-state index in [0.717, 1.165) is 19.3 Å². The van der Waals surface area contributed by atoms with Crippen molar-refractivity contribution in [3.63, 3.8) is 0 Å². The molecule has 1 heterocycles. The summed E-state index contributed by atoms with van der Waals surface area (Å²) in [6.07, 6.45) is 2.84. The summed E-state index contributed by atoms with van der Waals surface area (Å²) in [5.74, 6) is -0.408. The molecular weight excluding hydrogens is 206 g/mol. The molecule has 1 aliphatic heterocycles. The molecule has 1 saturated heterocycles. The molecule has 2 amide bonds. The zero-order chi connectivity index (χ0) is 11.9. The highest BCUT2D eigenvalue weighted by atomic mass is 16.2. The fourth-order valence-electron chi connectivity index (χ4n) is 2.66. The lowest BCUT2D eigenvalue weighted by Crippen LogP contribution is -2.66. The van der Waals surface area contributed by atoms with E-state index in [1.54, 1.807) is 0 Å². The summed E-state index contributed by atoms with van der Waals surface area (Å²) in [4.78, 5) is 25.2. The predicted molar refractivity (Wildman–Crippen MR) is 59.5 cm³/mol. The SMILES string of the molecule is CC1(C)C(=O)NC(=O)CN1C1CCC(N)C1. The standard InChI is InChI=1S/C11H19N3O2/c1-11(2)10(16)13-9(15)6-14(11)8-4-3-7(12)5-8/h7-8H,3-6,12H2,1-2H3,(H,13,15,16). The smallest absolute Gasteiger partial charge is 0.246 e. The number of carbonyl (C=O) groups is 2. The van der Waals surface area contributed by atoms with Crippen molar-refractivity contribution in [2.45, 2.75) is 50.7 Å². The van der Waals surface area contributed by atoms with Crippen LogP contribution in [0, 0.1) is 0 Å². The summed E-state index contributed by atoms with van der Waals surface area (Å²) in [5, 5.41) is 2.38. The number of amides is 2. The topological polar surface area (TPSA) is 75.4 Å². The third-order valence-electron chi connectivity index (χ3n) is 3.73. The first-order chi connectivity index (χ1) is 7.41. The molecule has 3 N–H and O–H groups in total. The van der Waals surface area contributed by atoms with E-state index in [9.17, 15) is 9.59 Å². The molecule has 0 radical (unpaired) electrons. The Kier molecular flexibility index (Phi) is 2.75. The molecule has 0 spiro atoms.